The van der Waals surface area contributed by atoms with Crippen LogP contribution in [0.15, 0.2) is 42.6 Å². The van der Waals surface area contributed by atoms with Crippen LogP contribution in [0.1, 0.15) is 39.2 Å². The van der Waals surface area contributed by atoms with Crippen molar-refractivity contribution in [2.75, 3.05) is 6.54 Å². The van der Waals surface area contributed by atoms with E-state index in [0.717, 1.165) is 19.4 Å². The van der Waals surface area contributed by atoms with Crippen LogP contribution in [0.3, 0.4) is 0 Å². The minimum Gasteiger partial charge on any atom is -0.373 e. The summed E-state index contributed by atoms with van der Waals surface area (Å²) in [5.41, 5.74) is 1.63. The van der Waals surface area contributed by atoms with Crippen molar-refractivity contribution in [3.63, 3.8) is 0 Å². The molecule has 0 fully saturated rings. The van der Waals surface area contributed by atoms with Gasteiger partial charge in [0.2, 0.25) is 0 Å². The molecule has 0 radical (unpaired) electrons. The van der Waals surface area contributed by atoms with Gasteiger partial charge in [-0.3, -0.25) is 4.79 Å². The second-order valence-electron chi connectivity index (χ2n) is 6.88. The summed E-state index contributed by atoms with van der Waals surface area (Å²) in [6, 6.07) is 10.8. The maximum absolute atomic E-state index is 11.7. The van der Waals surface area contributed by atoms with Gasteiger partial charge in [0.25, 0.3) is 0 Å². The van der Waals surface area contributed by atoms with Crippen molar-refractivity contribution < 1.29 is 4.79 Å². The molecule has 1 unspecified atom stereocenters. The summed E-state index contributed by atoms with van der Waals surface area (Å²) in [7, 11) is 0. The van der Waals surface area contributed by atoms with Crippen molar-refractivity contribution in [2.24, 2.45) is 5.41 Å². The number of allylic oxidation sites excluding steroid dienone is 1. The molecule has 2 nitrogen and oxygen atoms in total. The number of carbonyl (C=O) groups excluding carboxylic acids is 1. The van der Waals surface area contributed by atoms with Crippen molar-refractivity contribution in [3.05, 3.63) is 48.2 Å². The Labute approximate surface area is 122 Å². The van der Waals surface area contributed by atoms with Gasteiger partial charge in [0.15, 0.2) is 5.78 Å². The molecule has 2 rings (SSSR count). The van der Waals surface area contributed by atoms with E-state index in [1.54, 1.807) is 6.08 Å². The molecular formula is C18H25NO. The van der Waals surface area contributed by atoms with Crippen LogP contribution in [0, 0.1) is 5.41 Å². The maximum atomic E-state index is 11.7. The van der Waals surface area contributed by atoms with Gasteiger partial charge in [0.05, 0.1) is 0 Å². The summed E-state index contributed by atoms with van der Waals surface area (Å²) in [6.07, 6.45) is 6.43. The fourth-order valence-electron chi connectivity index (χ4n) is 2.52. The lowest BCUT2D eigenvalue weighted by molar-refractivity contribution is -0.116. The molecule has 0 bridgehead atoms. The summed E-state index contributed by atoms with van der Waals surface area (Å²) < 4.78 is 0. The van der Waals surface area contributed by atoms with E-state index in [2.05, 4.69) is 49.9 Å². The average molecular weight is 271 g/mol. The number of hydrogen-bond donors (Lipinski definition) is 0. The molecule has 1 aromatic rings. The molecule has 1 aromatic carbocycles. The van der Waals surface area contributed by atoms with E-state index in [1.165, 1.54) is 5.56 Å². The molecule has 1 aliphatic heterocycles. The molecule has 1 heterocycles. The molecule has 1 atom stereocenters. The summed E-state index contributed by atoms with van der Waals surface area (Å²) in [5.74, 6) is 0.248. The summed E-state index contributed by atoms with van der Waals surface area (Å²) in [5, 5.41) is 0. The third-order valence-electron chi connectivity index (χ3n) is 3.79. The van der Waals surface area contributed by atoms with Crippen LogP contribution in [-0.2, 0) is 11.2 Å². The molecule has 0 N–H and O–H groups in total. The quantitative estimate of drug-likeness (QED) is 0.829. The molecule has 0 spiro atoms. The van der Waals surface area contributed by atoms with Crippen LogP contribution in [0.5, 0.6) is 0 Å². The van der Waals surface area contributed by atoms with Crippen molar-refractivity contribution in [1.82, 2.24) is 4.90 Å². The predicted octanol–water partition coefficient (Wildman–Crippen LogP) is 3.82. The van der Waals surface area contributed by atoms with Gasteiger partial charge in [-0.05, 0) is 29.9 Å². The topological polar surface area (TPSA) is 20.3 Å². The molecule has 20 heavy (non-hydrogen) atoms. The third kappa shape index (κ3) is 4.52. The molecule has 108 valence electrons. The van der Waals surface area contributed by atoms with Crippen LogP contribution >= 0.6 is 0 Å². The fraction of sp³-hybridized carbons (Fsp3) is 0.500. The van der Waals surface area contributed by atoms with E-state index < -0.39 is 0 Å². The van der Waals surface area contributed by atoms with Crippen LogP contribution in [0.2, 0.25) is 0 Å². The third-order valence-corrected chi connectivity index (χ3v) is 3.79. The van der Waals surface area contributed by atoms with Crippen LogP contribution < -0.4 is 0 Å². The van der Waals surface area contributed by atoms with Crippen molar-refractivity contribution in [2.45, 2.75) is 46.1 Å². The van der Waals surface area contributed by atoms with E-state index in [-0.39, 0.29) is 5.78 Å². The second kappa shape index (κ2) is 6.25. The Morgan fingerprint density at radius 3 is 2.55 bits per heavy atom. The van der Waals surface area contributed by atoms with Crippen LogP contribution in [0.25, 0.3) is 0 Å². The van der Waals surface area contributed by atoms with E-state index in [1.807, 2.05) is 12.3 Å². The van der Waals surface area contributed by atoms with E-state index in [4.69, 9.17) is 0 Å². The average Bonchev–Trinajstić information content (AvgIpc) is 2.38. The van der Waals surface area contributed by atoms with Gasteiger partial charge < -0.3 is 4.90 Å². The lowest BCUT2D eigenvalue weighted by Crippen LogP contribution is -2.39. The highest BCUT2D eigenvalue weighted by molar-refractivity contribution is 5.90. The molecule has 2 heteroatoms. The predicted molar refractivity (Wildman–Crippen MR) is 83.5 cm³/mol. The molecule has 0 aliphatic carbocycles. The zero-order chi connectivity index (χ0) is 14.6. The number of benzene rings is 1. The summed E-state index contributed by atoms with van der Waals surface area (Å²) in [4.78, 5) is 14.0. The number of carbonyl (C=O) groups is 1. The van der Waals surface area contributed by atoms with Crippen LogP contribution in [-0.4, -0.2) is 23.3 Å². The fourth-order valence-corrected chi connectivity index (χ4v) is 2.52. The second-order valence-corrected chi connectivity index (χ2v) is 6.88. The van der Waals surface area contributed by atoms with Gasteiger partial charge in [0.1, 0.15) is 0 Å². The lowest BCUT2D eigenvalue weighted by atomic mass is 9.90. The first-order chi connectivity index (χ1) is 9.44. The highest BCUT2D eigenvalue weighted by atomic mass is 16.1. The Morgan fingerprint density at radius 1 is 1.20 bits per heavy atom. The van der Waals surface area contributed by atoms with Crippen LogP contribution in [0.4, 0.5) is 0 Å². The molecule has 0 saturated carbocycles. The summed E-state index contributed by atoms with van der Waals surface area (Å²) >= 11 is 0. The zero-order valence-electron chi connectivity index (χ0n) is 12.8. The monoisotopic (exact) mass is 271 g/mol. The first kappa shape index (κ1) is 14.8. The number of rotatable bonds is 4. The highest BCUT2D eigenvalue weighted by Gasteiger charge is 2.23. The van der Waals surface area contributed by atoms with Crippen molar-refractivity contribution in [3.8, 4) is 0 Å². The normalized spacial score (nSPS) is 19.4. The van der Waals surface area contributed by atoms with Gasteiger partial charge in [-0.25, -0.2) is 0 Å². The van der Waals surface area contributed by atoms with Crippen molar-refractivity contribution in [1.29, 1.82) is 0 Å². The molecule has 0 saturated heterocycles. The number of ketones is 1. The lowest BCUT2D eigenvalue weighted by Gasteiger charge is -2.35. The Hall–Kier alpha value is -1.57. The highest BCUT2D eigenvalue weighted by Crippen LogP contribution is 2.23. The van der Waals surface area contributed by atoms with Gasteiger partial charge in [0, 0.05) is 25.2 Å². The minimum absolute atomic E-state index is 0.248. The largest absolute Gasteiger partial charge is 0.373 e. The smallest absolute Gasteiger partial charge is 0.159 e. The Morgan fingerprint density at radius 2 is 1.90 bits per heavy atom. The Bertz CT molecular complexity index is 470. The molecule has 1 aliphatic rings. The minimum atomic E-state index is 0.248. The van der Waals surface area contributed by atoms with Gasteiger partial charge in [-0.1, -0.05) is 51.1 Å². The first-order valence-electron chi connectivity index (χ1n) is 7.45. The first-order valence-corrected chi connectivity index (χ1v) is 7.45. The van der Waals surface area contributed by atoms with E-state index in [0.29, 0.717) is 17.9 Å². The number of hydrogen-bond acceptors (Lipinski definition) is 2. The standard InChI is InChI=1S/C18H25NO/c1-18(2,3)10-12-19-11-9-17(20)14-16(19)13-15-7-5-4-6-8-15/h4-9,11,16H,10,12-14H2,1-3H3. The Balaban J connectivity index is 2.03. The molecular weight excluding hydrogens is 246 g/mol. The molecule has 0 aromatic heterocycles. The van der Waals surface area contributed by atoms with Gasteiger partial charge in [-0.15, -0.1) is 0 Å². The SMILES string of the molecule is CC(C)(C)CCN1C=CC(=O)CC1Cc1ccccc1. The zero-order valence-corrected chi connectivity index (χ0v) is 12.8. The van der Waals surface area contributed by atoms with Crippen molar-refractivity contribution >= 4 is 5.78 Å². The molecule has 0 amide bonds. The van der Waals surface area contributed by atoms with Gasteiger partial charge >= 0.3 is 0 Å². The maximum Gasteiger partial charge on any atom is 0.159 e. The van der Waals surface area contributed by atoms with Gasteiger partial charge in [-0.2, -0.15) is 0 Å². The Kier molecular flexibility index (Phi) is 4.64. The van der Waals surface area contributed by atoms with E-state index >= 15 is 0 Å². The number of nitrogens with zero attached hydrogens (tertiary/aromatic N) is 1. The van der Waals surface area contributed by atoms with E-state index in [9.17, 15) is 4.79 Å². The summed E-state index contributed by atoms with van der Waals surface area (Å²) in [6.45, 7) is 7.80.